The molecule has 0 aromatic heterocycles. The summed E-state index contributed by atoms with van der Waals surface area (Å²) in [6.45, 7) is 15.7. The quantitative estimate of drug-likeness (QED) is 0.0447. The molecule has 0 bridgehead atoms. The smallest absolute Gasteiger partial charge is 0.305 e. The Labute approximate surface area is 649 Å². The number of amides is 14. The number of nitrogens with zero attached hydrogens (tertiary/aromatic N) is 3. The lowest BCUT2D eigenvalue weighted by Crippen LogP contribution is -2.61. The lowest BCUT2D eigenvalue weighted by atomic mass is 9.97. The molecule has 17 N–H and O–H groups in total. The van der Waals surface area contributed by atoms with Gasteiger partial charge in [-0.2, -0.15) is 0 Å². The molecule has 608 valence electrons. The number of hydrogen-bond acceptors (Lipinski definition) is 20. The van der Waals surface area contributed by atoms with Gasteiger partial charge in [0.05, 0.1) is 6.42 Å². The summed E-state index contributed by atoms with van der Waals surface area (Å²) in [5.74, 6) is -15.2. The first kappa shape index (κ1) is 89.6. The molecule has 6 rings (SSSR count). The minimum absolute atomic E-state index is 0.0180. The molecule has 110 heavy (non-hydrogen) atoms. The largest absolute Gasteiger partial charge is 0.508 e. The van der Waals surface area contributed by atoms with Gasteiger partial charge in [-0.25, -0.2) is 0 Å². The summed E-state index contributed by atoms with van der Waals surface area (Å²) in [5.41, 5.74) is 12.5. The van der Waals surface area contributed by atoms with Crippen LogP contribution < -0.4 is 64.6 Å². The fourth-order valence-corrected chi connectivity index (χ4v) is 16.2. The number of rotatable bonds is 26. The maximum atomic E-state index is 15.1. The van der Waals surface area contributed by atoms with Crippen molar-refractivity contribution in [1.82, 2.24) is 67.9 Å². The Bertz CT molecular complexity index is 3570. The van der Waals surface area contributed by atoms with Crippen molar-refractivity contribution in [3.8, 4) is 11.5 Å². The second-order valence-electron chi connectivity index (χ2n) is 30.2. The standard InChI is InChI=1S/C75H113N15O18S2/c1-10-43(8)62(63(77)96)87-69(102)51(33-41(4)5)81-68(101)54(37-61(94)95)83-70(103)56-38-109-110-39-57(78-44(9)91)74(107)90-31-15-19-60(90)75(108)89-30-14-18-59(89)72(105)84-53(36-46-22-26-48(93)27-23-46)67(100)85-55(34-42(6)7)73(106)88-29-13-17-58(88)71(104)79-49(16-11-12-28-76)64(97)82-52(35-45-20-24-47(92)25-21-45)66(99)80-50(32-40(2)3)65(98)86-56/h20-27,40-43,49-60,62,92-93H,10-19,28-39,76H2,1-9H3,(H2,77,96)(H,78,91)(H,79,104)(H,80,99)(H,81,101)(H,82,97)(H,83,103)(H,84,105)(H,85,100)(H,86,98)(H,87,102)(H,94,95)/t43-,49-,50-,51-,52-,53-,54-,55-,56-,57-,58-,59-,60-,62-/m0/s1. The number of primary amides is 1. The number of aliphatic carboxylic acids is 1. The lowest BCUT2D eigenvalue weighted by molar-refractivity contribution is -0.147. The molecule has 2 aromatic carbocycles. The molecule has 0 radical (unpaired) electrons. The Morgan fingerprint density at radius 1 is 0.536 bits per heavy atom. The van der Waals surface area contributed by atoms with Gasteiger partial charge in [0.25, 0.3) is 0 Å². The van der Waals surface area contributed by atoms with E-state index in [0.717, 1.165) is 21.6 Å². The molecule has 4 fully saturated rings. The van der Waals surface area contributed by atoms with Crippen LogP contribution in [-0.2, 0) is 84.8 Å². The Hall–Kier alpha value is -9.25. The topological polar surface area (TPSA) is 499 Å². The summed E-state index contributed by atoms with van der Waals surface area (Å²) < 4.78 is 0. The molecule has 14 atom stereocenters. The van der Waals surface area contributed by atoms with Gasteiger partial charge in [-0.1, -0.05) is 108 Å². The van der Waals surface area contributed by atoms with E-state index in [2.05, 4.69) is 53.2 Å². The zero-order chi connectivity index (χ0) is 81.2. The second kappa shape index (κ2) is 43.4. The van der Waals surface area contributed by atoms with Crippen LogP contribution in [0.5, 0.6) is 11.5 Å². The number of carboxylic acids is 1. The van der Waals surface area contributed by atoms with E-state index >= 15 is 14.4 Å². The second-order valence-corrected chi connectivity index (χ2v) is 32.7. The Kier molecular flexibility index (Phi) is 35.3. The number of fused-ring (bicyclic) bond motifs is 3. The molecule has 4 aliphatic heterocycles. The number of carbonyl (C=O) groups excluding carboxylic acids is 14. The number of phenols is 2. The van der Waals surface area contributed by atoms with Crippen LogP contribution in [0, 0.1) is 23.7 Å². The number of aromatic hydroxyl groups is 2. The van der Waals surface area contributed by atoms with Crippen molar-refractivity contribution < 1.29 is 87.2 Å². The van der Waals surface area contributed by atoms with E-state index in [1.165, 1.54) is 58.0 Å². The molecule has 4 aliphatic rings. The average molecular weight is 1580 g/mol. The van der Waals surface area contributed by atoms with E-state index in [4.69, 9.17) is 11.5 Å². The molecule has 0 unspecified atom stereocenters. The van der Waals surface area contributed by atoms with Crippen LogP contribution in [0.15, 0.2) is 48.5 Å². The van der Waals surface area contributed by atoms with Gasteiger partial charge < -0.3 is 94.7 Å². The van der Waals surface area contributed by atoms with E-state index in [-0.39, 0.29) is 119 Å². The first-order valence-electron chi connectivity index (χ1n) is 38.0. The minimum atomic E-state index is -1.94. The Morgan fingerprint density at radius 3 is 1.49 bits per heavy atom. The van der Waals surface area contributed by atoms with Crippen molar-refractivity contribution in [3.05, 3.63) is 59.7 Å². The fourth-order valence-electron chi connectivity index (χ4n) is 13.9. The van der Waals surface area contributed by atoms with Gasteiger partial charge in [0.2, 0.25) is 82.7 Å². The molecule has 2 aromatic rings. The van der Waals surface area contributed by atoms with Crippen LogP contribution >= 0.6 is 21.6 Å². The first-order chi connectivity index (χ1) is 52.1. The molecule has 4 heterocycles. The number of carbonyl (C=O) groups is 15. The Balaban J connectivity index is 1.44. The number of unbranched alkanes of at least 4 members (excludes halogenated alkanes) is 1. The van der Waals surface area contributed by atoms with E-state index < -0.39 is 185 Å². The minimum Gasteiger partial charge on any atom is -0.508 e. The highest BCUT2D eigenvalue weighted by molar-refractivity contribution is 8.76. The number of phenolic OH excluding ortho intramolecular Hbond substituents is 2. The van der Waals surface area contributed by atoms with Crippen molar-refractivity contribution in [2.45, 2.75) is 244 Å². The molecule has 4 saturated heterocycles. The van der Waals surface area contributed by atoms with Crippen LogP contribution in [0.3, 0.4) is 0 Å². The normalized spacial score (nSPS) is 24.5. The van der Waals surface area contributed by atoms with Gasteiger partial charge in [-0.3, -0.25) is 71.9 Å². The predicted molar refractivity (Wildman–Crippen MR) is 410 cm³/mol. The van der Waals surface area contributed by atoms with Crippen LogP contribution in [0.2, 0.25) is 0 Å². The number of hydrogen-bond donors (Lipinski definition) is 15. The van der Waals surface area contributed by atoms with E-state index in [0.29, 0.717) is 49.7 Å². The molecule has 0 aliphatic carbocycles. The molecule has 35 heteroatoms. The van der Waals surface area contributed by atoms with Gasteiger partial charge in [0.15, 0.2) is 0 Å². The van der Waals surface area contributed by atoms with Gasteiger partial charge in [0.1, 0.15) is 90.0 Å². The molecule has 14 amide bonds. The van der Waals surface area contributed by atoms with Crippen molar-refractivity contribution >= 4 is 110 Å². The van der Waals surface area contributed by atoms with Crippen LogP contribution in [0.4, 0.5) is 0 Å². The molecular weight excluding hydrogens is 1460 g/mol. The van der Waals surface area contributed by atoms with Crippen molar-refractivity contribution in [2.24, 2.45) is 35.1 Å². The summed E-state index contributed by atoms with van der Waals surface area (Å²) in [6.07, 6.45) is 1.05. The SMILES string of the molecule is CC[C@H](C)[C@H](NC(=O)[C@H](CC(C)C)NC(=O)[C@H](CC(=O)O)NC(=O)[C@@H]1CSSC[C@H](NC(C)=O)C(=O)N2CCC[C@H]2C(=O)N2CCC[C@H]2C(=O)N[C@@H](Cc2ccc(O)cc2)C(=O)N[C@@H](CC(C)C)C(=O)N2CCC[C@H]2C(=O)N[C@@H](CCCCN)C(=O)N[C@@H](Cc2ccc(O)cc2)C(=O)N[C@@H](CC(C)C)C(=O)N1)C(N)=O. The highest BCUT2D eigenvalue weighted by atomic mass is 33.1. The van der Waals surface area contributed by atoms with E-state index in [1.54, 1.807) is 53.7 Å². The fraction of sp³-hybridized carbons (Fsp3) is 0.640. The maximum absolute atomic E-state index is 15.1. The van der Waals surface area contributed by atoms with E-state index in [1.807, 2.05) is 13.8 Å². The summed E-state index contributed by atoms with van der Waals surface area (Å²) in [7, 11) is 1.84. The van der Waals surface area contributed by atoms with Crippen LogP contribution in [0.1, 0.15) is 163 Å². The van der Waals surface area contributed by atoms with Crippen LogP contribution in [0.25, 0.3) is 0 Å². The van der Waals surface area contributed by atoms with Gasteiger partial charge in [0, 0.05) is 50.9 Å². The maximum Gasteiger partial charge on any atom is 0.305 e. The summed E-state index contributed by atoms with van der Waals surface area (Å²) in [4.78, 5) is 220. The van der Waals surface area contributed by atoms with Gasteiger partial charge in [-0.05, 0) is 143 Å². The number of benzene rings is 2. The average Bonchev–Trinajstić information content (AvgIpc) is 1.64. The predicted octanol–water partition coefficient (Wildman–Crippen LogP) is 0.392. The third-order valence-electron chi connectivity index (χ3n) is 19.8. The zero-order valence-corrected chi connectivity index (χ0v) is 65.9. The number of nitrogens with two attached hydrogens (primary N) is 2. The molecule has 0 saturated carbocycles. The Morgan fingerprint density at radius 2 is 0.991 bits per heavy atom. The summed E-state index contributed by atoms with van der Waals surface area (Å²) in [5, 5.41) is 57.6. The molecule has 33 nitrogen and oxygen atoms in total. The highest BCUT2D eigenvalue weighted by Gasteiger charge is 2.46. The third kappa shape index (κ3) is 27.1. The lowest BCUT2D eigenvalue weighted by Gasteiger charge is -2.33. The summed E-state index contributed by atoms with van der Waals surface area (Å²) >= 11 is 0. The zero-order valence-electron chi connectivity index (χ0n) is 64.3. The molecule has 0 spiro atoms. The van der Waals surface area contributed by atoms with Crippen molar-refractivity contribution in [3.63, 3.8) is 0 Å². The van der Waals surface area contributed by atoms with Crippen LogP contribution in [-0.4, -0.2) is 235 Å². The molecular formula is C75H113N15O18S2. The summed E-state index contributed by atoms with van der Waals surface area (Å²) in [6, 6.07) is -6.50. The number of carboxylic acid groups (broad SMARTS) is 1. The van der Waals surface area contributed by atoms with Crippen molar-refractivity contribution in [2.75, 3.05) is 37.7 Å². The first-order valence-corrected chi connectivity index (χ1v) is 40.5. The van der Waals surface area contributed by atoms with Crippen molar-refractivity contribution in [1.29, 1.82) is 0 Å². The van der Waals surface area contributed by atoms with Gasteiger partial charge >= 0.3 is 5.97 Å². The third-order valence-corrected chi connectivity index (χ3v) is 22.2. The monoisotopic (exact) mass is 1580 g/mol. The number of nitrogens with one attached hydrogen (secondary N) is 10. The van der Waals surface area contributed by atoms with Gasteiger partial charge in [-0.15, -0.1) is 0 Å². The van der Waals surface area contributed by atoms with E-state index in [9.17, 15) is 72.9 Å². The highest BCUT2D eigenvalue weighted by Crippen LogP contribution is 2.30.